The second-order valence-corrected chi connectivity index (χ2v) is 12.0. The topological polar surface area (TPSA) is 90.9 Å². The monoisotopic (exact) mass is 454 g/mol. The van der Waals surface area contributed by atoms with Crippen LogP contribution < -0.4 is 4.90 Å². The van der Waals surface area contributed by atoms with Crippen LogP contribution >= 0.6 is 0 Å². The molecule has 5 fully saturated rings. The normalized spacial score (nSPS) is 28.0. The molecule has 0 amide bonds. The number of hydrogen-bond acceptors (Lipinski definition) is 6. The van der Waals surface area contributed by atoms with Crippen LogP contribution in [0.15, 0.2) is 30.5 Å². The summed E-state index contributed by atoms with van der Waals surface area (Å²) in [5.74, 6) is 2.35. The number of rotatable bonds is 4. The average molecular weight is 455 g/mol. The third-order valence-electron chi connectivity index (χ3n) is 9.43. The van der Waals surface area contributed by atoms with Crippen molar-refractivity contribution in [3.8, 4) is 11.9 Å². The minimum Gasteiger partial charge on any atom is -0.390 e. The van der Waals surface area contributed by atoms with E-state index in [1.807, 2.05) is 37.7 Å². The van der Waals surface area contributed by atoms with E-state index in [9.17, 15) is 10.4 Å². The minimum absolute atomic E-state index is 0.0582. The smallest absolute Gasteiger partial charge is 0.159 e. The zero-order valence-corrected chi connectivity index (χ0v) is 20.0. The molecule has 2 aromatic heterocycles. The first-order chi connectivity index (χ1) is 16.1. The molecule has 7 heteroatoms. The van der Waals surface area contributed by atoms with E-state index in [0.29, 0.717) is 17.3 Å². The van der Waals surface area contributed by atoms with Gasteiger partial charge in [-0.05, 0) is 76.3 Å². The zero-order valence-electron chi connectivity index (χ0n) is 20.0. The quantitative estimate of drug-likeness (QED) is 0.635. The Bertz CT molecular complexity index is 1370. The van der Waals surface area contributed by atoms with E-state index >= 15 is 0 Å². The van der Waals surface area contributed by atoms with Crippen LogP contribution in [0.2, 0.25) is 0 Å². The Balaban J connectivity index is 1.26. The highest BCUT2D eigenvalue weighted by Crippen LogP contribution is 2.68. The number of fused-ring (bicyclic) bond motifs is 2. The van der Waals surface area contributed by atoms with Gasteiger partial charge in [-0.2, -0.15) is 10.4 Å². The van der Waals surface area contributed by atoms with Gasteiger partial charge in [0, 0.05) is 29.5 Å². The van der Waals surface area contributed by atoms with E-state index in [2.05, 4.69) is 34.3 Å². The van der Waals surface area contributed by atoms with E-state index in [1.165, 1.54) is 12.8 Å². The average Bonchev–Trinajstić information content (AvgIpc) is 3.09. The van der Waals surface area contributed by atoms with Crippen molar-refractivity contribution >= 4 is 16.7 Å². The Kier molecular flexibility index (Phi) is 3.70. The third kappa shape index (κ3) is 2.63. The van der Waals surface area contributed by atoms with Crippen LogP contribution in [-0.4, -0.2) is 43.0 Å². The fraction of sp³-hybridized carbons (Fsp3) is 0.556. The fourth-order valence-corrected chi connectivity index (χ4v) is 7.01. The number of aliphatic hydroxyl groups is 1. The molecule has 2 saturated heterocycles. The molecule has 1 N–H and O–H groups in total. The summed E-state index contributed by atoms with van der Waals surface area (Å²) in [5.41, 5.74) is 1.40. The maximum Gasteiger partial charge on any atom is 0.159 e. The summed E-state index contributed by atoms with van der Waals surface area (Å²) in [6.07, 6.45) is 8.37. The molecule has 0 atom stereocenters. The summed E-state index contributed by atoms with van der Waals surface area (Å²) in [4.78, 5) is 11.8. The van der Waals surface area contributed by atoms with Crippen LogP contribution in [0.1, 0.15) is 63.8 Å². The second kappa shape index (κ2) is 6.17. The van der Waals surface area contributed by atoms with Crippen molar-refractivity contribution in [3.05, 3.63) is 41.9 Å². The standard InChI is InChI=1S/C27H30N6O/c1-17-30-22(32-16-27(24(2,3)34)10-20(32)11-27)9-23(31-17)33-21-8-19(5-4-18(21)12-29-33)26(15-28)13-25(14-26)6-7-25/h4-5,8-9,12,20,34H,6-7,10-11,13-14,16H2,1-3H3. The van der Waals surface area contributed by atoms with Crippen LogP contribution in [-0.2, 0) is 5.41 Å². The highest BCUT2D eigenvalue weighted by molar-refractivity contribution is 5.81. The van der Waals surface area contributed by atoms with Gasteiger partial charge in [0.15, 0.2) is 5.82 Å². The maximum absolute atomic E-state index is 10.7. The summed E-state index contributed by atoms with van der Waals surface area (Å²) in [7, 11) is 0. The van der Waals surface area contributed by atoms with E-state index < -0.39 is 5.60 Å². The number of benzene rings is 1. The van der Waals surface area contributed by atoms with Crippen molar-refractivity contribution in [2.45, 2.75) is 76.4 Å². The number of nitrogens with zero attached hydrogens (tertiary/aromatic N) is 6. The molecular weight excluding hydrogens is 424 g/mol. The fourth-order valence-electron chi connectivity index (χ4n) is 7.01. The summed E-state index contributed by atoms with van der Waals surface area (Å²) in [5, 5.41) is 26.5. The molecule has 1 spiro atoms. The lowest BCUT2D eigenvalue weighted by Crippen LogP contribution is -2.50. The molecule has 1 aromatic carbocycles. The van der Waals surface area contributed by atoms with Gasteiger partial charge in [-0.1, -0.05) is 12.1 Å². The molecule has 0 unspecified atom stereocenters. The predicted octanol–water partition coefficient (Wildman–Crippen LogP) is 4.20. The molecule has 8 rings (SSSR count). The first kappa shape index (κ1) is 20.4. The van der Waals surface area contributed by atoms with Crippen molar-refractivity contribution in [3.63, 3.8) is 0 Å². The van der Waals surface area contributed by atoms with Crippen molar-refractivity contribution in [1.82, 2.24) is 19.7 Å². The van der Waals surface area contributed by atoms with E-state index in [0.717, 1.165) is 60.3 Å². The zero-order chi connectivity index (χ0) is 23.5. The number of aryl methyl sites for hydroxylation is 1. The number of aromatic nitrogens is 4. The van der Waals surface area contributed by atoms with Crippen LogP contribution in [0.4, 0.5) is 5.82 Å². The highest BCUT2D eigenvalue weighted by atomic mass is 16.3. The van der Waals surface area contributed by atoms with Gasteiger partial charge in [0.25, 0.3) is 0 Å². The molecule has 2 aliphatic heterocycles. The first-order valence-electron chi connectivity index (χ1n) is 12.4. The Morgan fingerprint density at radius 3 is 2.50 bits per heavy atom. The van der Waals surface area contributed by atoms with Crippen molar-refractivity contribution in [2.75, 3.05) is 11.4 Å². The van der Waals surface area contributed by atoms with E-state index in [4.69, 9.17) is 9.97 Å². The van der Waals surface area contributed by atoms with Gasteiger partial charge < -0.3 is 10.0 Å². The van der Waals surface area contributed by atoms with Gasteiger partial charge in [-0.3, -0.25) is 0 Å². The Morgan fingerprint density at radius 2 is 1.85 bits per heavy atom. The van der Waals surface area contributed by atoms with Gasteiger partial charge in [0.1, 0.15) is 11.6 Å². The number of hydrogen-bond donors (Lipinski definition) is 1. The van der Waals surface area contributed by atoms with Crippen molar-refractivity contribution in [2.24, 2.45) is 10.8 Å². The van der Waals surface area contributed by atoms with Gasteiger partial charge in [0.2, 0.25) is 0 Å². The Labute approximate surface area is 199 Å². The summed E-state index contributed by atoms with van der Waals surface area (Å²) in [6, 6.07) is 11.4. The van der Waals surface area contributed by atoms with Gasteiger partial charge in [-0.15, -0.1) is 0 Å². The second-order valence-electron chi connectivity index (χ2n) is 12.0. The molecule has 2 bridgehead atoms. The van der Waals surface area contributed by atoms with Crippen LogP contribution in [0.25, 0.3) is 16.7 Å². The summed E-state index contributed by atoms with van der Waals surface area (Å²) in [6.45, 7) is 6.59. The molecule has 3 aromatic rings. The number of anilines is 1. The molecule has 0 radical (unpaired) electrons. The van der Waals surface area contributed by atoms with Gasteiger partial charge in [-0.25, -0.2) is 14.6 Å². The van der Waals surface area contributed by atoms with Crippen molar-refractivity contribution in [1.29, 1.82) is 5.26 Å². The Hall–Kier alpha value is -2.98. The Morgan fingerprint density at radius 1 is 1.12 bits per heavy atom. The largest absolute Gasteiger partial charge is 0.390 e. The van der Waals surface area contributed by atoms with Crippen LogP contribution in [0, 0.1) is 29.1 Å². The molecule has 7 nitrogen and oxygen atoms in total. The SMILES string of the molecule is Cc1nc(N2CC3(C(C)(C)O)CC2C3)cc(-n2ncc3ccc(C4(C#N)CC5(CC5)C4)cc32)n1. The molecule has 5 aliphatic rings. The molecule has 3 saturated carbocycles. The molecular formula is C27H30N6O. The highest BCUT2D eigenvalue weighted by Gasteiger charge is 2.63. The predicted molar refractivity (Wildman–Crippen MR) is 129 cm³/mol. The van der Waals surface area contributed by atoms with Gasteiger partial charge >= 0.3 is 0 Å². The van der Waals surface area contributed by atoms with Crippen LogP contribution in [0.3, 0.4) is 0 Å². The summed E-state index contributed by atoms with van der Waals surface area (Å²) < 4.78 is 1.89. The lowest BCUT2D eigenvalue weighted by Gasteiger charge is -2.45. The van der Waals surface area contributed by atoms with E-state index in [-0.39, 0.29) is 10.8 Å². The van der Waals surface area contributed by atoms with Crippen LogP contribution in [0.5, 0.6) is 0 Å². The first-order valence-corrected chi connectivity index (χ1v) is 12.4. The molecule has 34 heavy (non-hydrogen) atoms. The minimum atomic E-state index is -0.699. The van der Waals surface area contributed by atoms with E-state index in [1.54, 1.807) is 0 Å². The number of nitriles is 1. The molecule has 174 valence electrons. The van der Waals surface area contributed by atoms with Crippen molar-refractivity contribution < 1.29 is 5.11 Å². The lowest BCUT2D eigenvalue weighted by molar-refractivity contribution is -0.0754. The van der Waals surface area contributed by atoms with Gasteiger partial charge in [0.05, 0.1) is 28.8 Å². The molecule has 4 heterocycles. The molecule has 3 aliphatic carbocycles. The summed E-state index contributed by atoms with van der Waals surface area (Å²) >= 11 is 0. The lowest BCUT2D eigenvalue weighted by atomic mass is 9.57. The maximum atomic E-state index is 10.7. The third-order valence-corrected chi connectivity index (χ3v) is 9.43.